The molecule has 0 radical (unpaired) electrons. The van der Waals surface area contributed by atoms with Crippen LogP contribution in [-0.2, 0) is 14.3 Å². The van der Waals surface area contributed by atoms with Gasteiger partial charge in [-0.25, -0.2) is 0 Å². The van der Waals surface area contributed by atoms with Gasteiger partial charge in [0, 0.05) is 5.56 Å². The molecule has 1 aromatic rings. The van der Waals surface area contributed by atoms with Crippen molar-refractivity contribution in [3.05, 3.63) is 34.7 Å². The van der Waals surface area contributed by atoms with Crippen molar-refractivity contribution in [3.8, 4) is 5.75 Å². The highest BCUT2D eigenvalue weighted by Crippen LogP contribution is 2.34. The van der Waals surface area contributed by atoms with Gasteiger partial charge in [0.2, 0.25) is 0 Å². The van der Waals surface area contributed by atoms with Crippen LogP contribution in [0.15, 0.2) is 29.2 Å². The number of thioether (sulfide) groups is 1. The summed E-state index contributed by atoms with van der Waals surface area (Å²) in [5.74, 6) is -0.462. The first kappa shape index (κ1) is 20.0. The van der Waals surface area contributed by atoms with Crippen LogP contribution in [0.2, 0.25) is 0 Å². The summed E-state index contributed by atoms with van der Waals surface area (Å²) >= 11 is 0.806. The van der Waals surface area contributed by atoms with Crippen LogP contribution >= 0.6 is 11.8 Å². The zero-order valence-electron chi connectivity index (χ0n) is 15.4. The Kier molecular flexibility index (Phi) is 6.85. The maximum absolute atomic E-state index is 12.5. The molecule has 1 heterocycles. The van der Waals surface area contributed by atoms with E-state index in [1.165, 1.54) is 0 Å². The number of rotatable bonds is 7. The summed E-state index contributed by atoms with van der Waals surface area (Å²) in [6, 6.07) is 7.32. The fourth-order valence-corrected chi connectivity index (χ4v) is 3.04. The van der Waals surface area contributed by atoms with Gasteiger partial charge in [0.15, 0.2) is 0 Å². The molecule has 2 amide bonds. The maximum Gasteiger partial charge on any atom is 0.326 e. The molecule has 0 bridgehead atoms. The van der Waals surface area contributed by atoms with E-state index in [2.05, 4.69) is 0 Å². The van der Waals surface area contributed by atoms with Crippen molar-refractivity contribution >= 4 is 35.0 Å². The lowest BCUT2D eigenvalue weighted by Gasteiger charge is -2.15. The largest absolute Gasteiger partial charge is 0.490 e. The van der Waals surface area contributed by atoms with Gasteiger partial charge in [-0.05, 0) is 51.1 Å². The van der Waals surface area contributed by atoms with E-state index in [4.69, 9.17) is 9.47 Å². The second-order valence-corrected chi connectivity index (χ2v) is 7.17. The molecule has 140 valence electrons. The lowest BCUT2D eigenvalue weighted by molar-refractivity contribution is -0.149. The first-order valence-electron chi connectivity index (χ1n) is 8.52. The van der Waals surface area contributed by atoms with Crippen molar-refractivity contribution in [2.75, 3.05) is 6.54 Å². The summed E-state index contributed by atoms with van der Waals surface area (Å²) in [4.78, 5) is 37.5. The Labute approximate surface area is 157 Å². The monoisotopic (exact) mass is 377 g/mol. The van der Waals surface area contributed by atoms with Crippen molar-refractivity contribution in [1.82, 2.24) is 4.90 Å². The van der Waals surface area contributed by atoms with E-state index in [1.54, 1.807) is 19.9 Å². The molecule has 1 aromatic carbocycles. The van der Waals surface area contributed by atoms with E-state index in [0.717, 1.165) is 23.1 Å². The molecular weight excluding hydrogens is 354 g/mol. The van der Waals surface area contributed by atoms with Gasteiger partial charge in [-0.15, -0.1) is 0 Å². The van der Waals surface area contributed by atoms with Crippen molar-refractivity contribution < 1.29 is 23.9 Å². The van der Waals surface area contributed by atoms with E-state index in [1.807, 2.05) is 38.1 Å². The predicted molar refractivity (Wildman–Crippen MR) is 101 cm³/mol. The molecule has 7 heteroatoms. The molecule has 1 fully saturated rings. The summed E-state index contributed by atoms with van der Waals surface area (Å²) < 4.78 is 10.9. The zero-order valence-corrected chi connectivity index (χ0v) is 16.2. The average molecular weight is 377 g/mol. The van der Waals surface area contributed by atoms with Gasteiger partial charge < -0.3 is 9.47 Å². The lowest BCUT2D eigenvalue weighted by Crippen LogP contribution is -2.35. The number of hydrogen-bond donors (Lipinski definition) is 0. The van der Waals surface area contributed by atoms with E-state index in [0.29, 0.717) is 11.3 Å². The van der Waals surface area contributed by atoms with E-state index in [-0.39, 0.29) is 23.7 Å². The molecule has 0 N–H and O–H groups in total. The Balaban J connectivity index is 2.19. The van der Waals surface area contributed by atoms with Gasteiger partial charge in [-0.3, -0.25) is 19.3 Å². The highest BCUT2D eigenvalue weighted by atomic mass is 32.2. The van der Waals surface area contributed by atoms with Crippen LogP contribution in [0.5, 0.6) is 5.75 Å². The standard InChI is InChI=1S/C19H23NO5S/c1-5-13(4)25-15-9-7-6-8-14(15)10-16-18(22)20(19(23)26-16)11-17(21)24-12(2)3/h6-10,12-13H,5,11H2,1-4H3/b16-10+/t13-/m1/s1. The predicted octanol–water partition coefficient (Wildman–Crippen LogP) is 3.85. The van der Waals surface area contributed by atoms with Crippen LogP contribution < -0.4 is 4.74 Å². The number of carbonyl (C=O) groups excluding carboxylic acids is 3. The summed E-state index contributed by atoms with van der Waals surface area (Å²) in [7, 11) is 0. The number of carbonyl (C=O) groups is 3. The van der Waals surface area contributed by atoms with Gasteiger partial charge in [-0.1, -0.05) is 25.1 Å². The summed E-state index contributed by atoms with van der Waals surface area (Å²) in [5, 5.41) is -0.484. The van der Waals surface area contributed by atoms with Gasteiger partial charge in [0.1, 0.15) is 12.3 Å². The Morgan fingerprint density at radius 1 is 1.23 bits per heavy atom. The summed E-state index contributed by atoms with van der Waals surface area (Å²) in [6.07, 6.45) is 2.20. The van der Waals surface area contributed by atoms with Gasteiger partial charge in [0.25, 0.3) is 11.1 Å². The molecule has 1 atom stereocenters. The van der Waals surface area contributed by atoms with Crippen LogP contribution in [-0.4, -0.2) is 40.8 Å². The number of imide groups is 1. The van der Waals surface area contributed by atoms with Gasteiger partial charge >= 0.3 is 5.97 Å². The summed E-state index contributed by atoms with van der Waals surface area (Å²) in [5.41, 5.74) is 0.711. The molecule has 0 saturated carbocycles. The lowest BCUT2D eigenvalue weighted by atomic mass is 10.1. The molecule has 1 aliphatic heterocycles. The highest BCUT2D eigenvalue weighted by molar-refractivity contribution is 8.18. The van der Waals surface area contributed by atoms with Crippen LogP contribution in [0.25, 0.3) is 6.08 Å². The Morgan fingerprint density at radius 3 is 2.58 bits per heavy atom. The minimum atomic E-state index is -0.607. The Bertz CT molecular complexity index is 728. The molecule has 6 nitrogen and oxygen atoms in total. The van der Waals surface area contributed by atoms with Crippen molar-refractivity contribution in [2.24, 2.45) is 0 Å². The normalized spacial score (nSPS) is 17.1. The SMILES string of the molecule is CC[C@@H](C)Oc1ccccc1/C=C1/SC(=O)N(CC(=O)OC(C)C)C1=O. The molecular formula is C19H23NO5S. The molecule has 0 aliphatic carbocycles. The molecule has 0 unspecified atom stereocenters. The number of esters is 1. The number of nitrogens with zero attached hydrogens (tertiary/aromatic N) is 1. The van der Waals surface area contributed by atoms with Gasteiger partial charge in [0.05, 0.1) is 17.1 Å². The van der Waals surface area contributed by atoms with Crippen molar-refractivity contribution in [3.63, 3.8) is 0 Å². The maximum atomic E-state index is 12.5. The first-order chi connectivity index (χ1) is 12.3. The number of amides is 2. The smallest absolute Gasteiger partial charge is 0.326 e. The van der Waals surface area contributed by atoms with Crippen LogP contribution in [0.4, 0.5) is 4.79 Å². The first-order valence-corrected chi connectivity index (χ1v) is 9.34. The van der Waals surface area contributed by atoms with E-state index >= 15 is 0 Å². The van der Waals surface area contributed by atoms with Gasteiger partial charge in [-0.2, -0.15) is 0 Å². The highest BCUT2D eigenvalue weighted by Gasteiger charge is 2.37. The minimum absolute atomic E-state index is 0.0328. The molecule has 2 rings (SSSR count). The average Bonchev–Trinajstić information content (AvgIpc) is 2.83. The topological polar surface area (TPSA) is 72.9 Å². The molecule has 26 heavy (non-hydrogen) atoms. The second kappa shape index (κ2) is 8.89. The van der Waals surface area contributed by atoms with E-state index in [9.17, 15) is 14.4 Å². The zero-order chi connectivity index (χ0) is 19.3. The fraction of sp³-hybridized carbons (Fsp3) is 0.421. The third-order valence-corrected chi connectivity index (χ3v) is 4.54. The minimum Gasteiger partial charge on any atom is -0.490 e. The number of ether oxygens (including phenoxy) is 2. The number of hydrogen-bond acceptors (Lipinski definition) is 6. The van der Waals surface area contributed by atoms with Crippen molar-refractivity contribution in [2.45, 2.75) is 46.3 Å². The molecule has 0 aromatic heterocycles. The number of benzene rings is 1. The summed E-state index contributed by atoms with van der Waals surface area (Å²) in [6.45, 7) is 7.02. The number of para-hydroxylation sites is 1. The van der Waals surface area contributed by atoms with Crippen LogP contribution in [0.1, 0.15) is 39.7 Å². The van der Waals surface area contributed by atoms with Crippen LogP contribution in [0.3, 0.4) is 0 Å². The third-order valence-electron chi connectivity index (χ3n) is 3.64. The second-order valence-electron chi connectivity index (χ2n) is 6.18. The molecule has 1 aliphatic rings. The Hall–Kier alpha value is -2.28. The molecule has 1 saturated heterocycles. The van der Waals surface area contributed by atoms with Crippen molar-refractivity contribution in [1.29, 1.82) is 0 Å². The Morgan fingerprint density at radius 2 is 1.92 bits per heavy atom. The van der Waals surface area contributed by atoms with E-state index < -0.39 is 17.1 Å². The molecule has 0 spiro atoms. The third kappa shape index (κ3) is 5.11. The van der Waals surface area contributed by atoms with Crippen LogP contribution in [0, 0.1) is 0 Å². The fourth-order valence-electron chi connectivity index (χ4n) is 2.21. The quantitative estimate of drug-likeness (QED) is 0.531.